The van der Waals surface area contributed by atoms with Gasteiger partial charge < -0.3 is 14.8 Å². The van der Waals surface area contributed by atoms with Crippen molar-refractivity contribution < 1.29 is 19.8 Å². The fourth-order valence-electron chi connectivity index (χ4n) is 3.25. The Bertz CT molecular complexity index is 1010. The van der Waals surface area contributed by atoms with E-state index in [-0.39, 0.29) is 11.1 Å². The summed E-state index contributed by atoms with van der Waals surface area (Å²) in [7, 11) is 0. The Kier molecular flexibility index (Phi) is 5.00. The zero-order valence-corrected chi connectivity index (χ0v) is 15.0. The Morgan fingerprint density at radius 3 is 2.42 bits per heavy atom. The Morgan fingerprint density at radius 1 is 1.08 bits per heavy atom. The maximum atomic E-state index is 11.9. The Balaban J connectivity index is 2.31. The van der Waals surface area contributed by atoms with E-state index in [4.69, 9.17) is 11.6 Å². The summed E-state index contributed by atoms with van der Waals surface area (Å²) in [5.74, 6) is -2.06. The Hall–Kier alpha value is -2.79. The van der Waals surface area contributed by atoms with Gasteiger partial charge in [0.15, 0.2) is 0 Å². The van der Waals surface area contributed by atoms with E-state index in [9.17, 15) is 19.8 Å². The van der Waals surface area contributed by atoms with Crippen molar-refractivity contribution in [1.29, 1.82) is 0 Å². The average Bonchev–Trinajstić information content (AvgIpc) is 2.90. The van der Waals surface area contributed by atoms with Crippen molar-refractivity contribution in [3.63, 3.8) is 0 Å². The highest BCUT2D eigenvalue weighted by atomic mass is 35.5. The molecule has 26 heavy (non-hydrogen) atoms. The summed E-state index contributed by atoms with van der Waals surface area (Å²) in [6, 6.07) is 11.9. The number of hydrogen-bond donors (Lipinski definition) is 2. The monoisotopic (exact) mass is 371 g/mol. The second-order valence-electron chi connectivity index (χ2n) is 6.09. The lowest BCUT2D eigenvalue weighted by atomic mass is 10.1. The van der Waals surface area contributed by atoms with Gasteiger partial charge in [-0.2, -0.15) is 0 Å². The van der Waals surface area contributed by atoms with Crippen LogP contribution in [0.4, 0.5) is 0 Å². The first-order valence-electron chi connectivity index (χ1n) is 8.29. The molecule has 3 aromatic rings. The lowest BCUT2D eigenvalue weighted by Crippen LogP contribution is -2.08. The number of aromatic nitrogens is 1. The van der Waals surface area contributed by atoms with Crippen LogP contribution in [0.25, 0.3) is 10.9 Å². The first-order valence-corrected chi connectivity index (χ1v) is 8.67. The SMILES string of the molecule is CCCc1c(C(=O)O)c2ccc(C(=O)O)cc2n1Cc1ccccc1Cl. The summed E-state index contributed by atoms with van der Waals surface area (Å²) in [5.41, 5.74) is 2.46. The van der Waals surface area contributed by atoms with Crippen molar-refractivity contribution in [2.75, 3.05) is 0 Å². The maximum Gasteiger partial charge on any atom is 0.338 e. The molecule has 0 aliphatic rings. The van der Waals surface area contributed by atoms with E-state index in [0.717, 1.165) is 12.0 Å². The number of carboxylic acid groups (broad SMARTS) is 2. The molecule has 0 aliphatic carbocycles. The van der Waals surface area contributed by atoms with Gasteiger partial charge >= 0.3 is 11.9 Å². The third-order valence-electron chi connectivity index (χ3n) is 4.41. The Labute approximate surface area is 155 Å². The highest BCUT2D eigenvalue weighted by Gasteiger charge is 2.23. The molecule has 0 unspecified atom stereocenters. The van der Waals surface area contributed by atoms with Gasteiger partial charge in [0, 0.05) is 22.6 Å². The topological polar surface area (TPSA) is 79.5 Å². The van der Waals surface area contributed by atoms with Gasteiger partial charge in [-0.05, 0) is 30.2 Å². The predicted molar refractivity (Wildman–Crippen MR) is 100 cm³/mol. The molecule has 2 N–H and O–H groups in total. The van der Waals surface area contributed by atoms with E-state index in [1.165, 1.54) is 12.1 Å². The molecule has 134 valence electrons. The third kappa shape index (κ3) is 3.18. The molecule has 0 saturated heterocycles. The molecule has 1 heterocycles. The summed E-state index contributed by atoms with van der Waals surface area (Å²) in [6.07, 6.45) is 1.34. The van der Waals surface area contributed by atoms with Crippen LogP contribution in [0, 0.1) is 0 Å². The van der Waals surface area contributed by atoms with Crippen LogP contribution in [0.2, 0.25) is 5.02 Å². The van der Waals surface area contributed by atoms with Crippen LogP contribution < -0.4 is 0 Å². The van der Waals surface area contributed by atoms with Crippen molar-refractivity contribution in [1.82, 2.24) is 4.57 Å². The molecular formula is C20H18ClNO4. The highest BCUT2D eigenvalue weighted by Crippen LogP contribution is 2.30. The average molecular weight is 372 g/mol. The fraction of sp³-hybridized carbons (Fsp3) is 0.200. The van der Waals surface area contributed by atoms with Crippen molar-refractivity contribution in [2.24, 2.45) is 0 Å². The first kappa shape index (κ1) is 18.0. The normalized spacial score (nSPS) is 11.0. The molecule has 2 aromatic carbocycles. The van der Waals surface area contributed by atoms with Gasteiger partial charge in [0.1, 0.15) is 0 Å². The van der Waals surface area contributed by atoms with Gasteiger partial charge in [0.05, 0.1) is 16.6 Å². The molecule has 0 amide bonds. The van der Waals surface area contributed by atoms with E-state index in [2.05, 4.69) is 0 Å². The van der Waals surface area contributed by atoms with E-state index >= 15 is 0 Å². The smallest absolute Gasteiger partial charge is 0.338 e. The molecular weight excluding hydrogens is 354 g/mol. The van der Waals surface area contributed by atoms with E-state index in [1.807, 2.05) is 29.7 Å². The number of carbonyl (C=O) groups is 2. The van der Waals surface area contributed by atoms with E-state index < -0.39 is 11.9 Å². The molecule has 0 spiro atoms. The minimum Gasteiger partial charge on any atom is -0.478 e. The quantitative estimate of drug-likeness (QED) is 0.658. The van der Waals surface area contributed by atoms with Crippen LogP contribution in [0.1, 0.15) is 45.3 Å². The van der Waals surface area contributed by atoms with Gasteiger partial charge in [-0.3, -0.25) is 0 Å². The van der Waals surface area contributed by atoms with Gasteiger partial charge in [-0.1, -0.05) is 49.2 Å². The zero-order chi connectivity index (χ0) is 18.8. The Morgan fingerprint density at radius 2 is 1.81 bits per heavy atom. The number of aromatic carboxylic acids is 2. The second kappa shape index (κ2) is 7.22. The standard InChI is InChI=1S/C20H18ClNO4/c1-2-5-16-18(20(25)26)14-9-8-12(19(23)24)10-17(14)22(16)11-13-6-3-4-7-15(13)21/h3-4,6-10H,2,5,11H2,1H3,(H,23,24)(H,25,26). The lowest BCUT2D eigenvalue weighted by molar-refractivity contribution is 0.0687. The van der Waals surface area contributed by atoms with Gasteiger partial charge in [-0.25, -0.2) is 9.59 Å². The van der Waals surface area contributed by atoms with Crippen LogP contribution in [-0.4, -0.2) is 26.7 Å². The number of fused-ring (bicyclic) bond motifs is 1. The van der Waals surface area contributed by atoms with Crippen molar-refractivity contribution in [3.05, 3.63) is 69.9 Å². The fourth-order valence-corrected chi connectivity index (χ4v) is 3.44. The summed E-state index contributed by atoms with van der Waals surface area (Å²) >= 11 is 6.28. The number of rotatable bonds is 6. The number of benzene rings is 2. The van der Waals surface area contributed by atoms with Crippen LogP contribution >= 0.6 is 11.6 Å². The molecule has 0 saturated carbocycles. The predicted octanol–water partition coefficient (Wildman–Crippen LogP) is 4.69. The molecule has 5 nitrogen and oxygen atoms in total. The van der Waals surface area contributed by atoms with Crippen LogP contribution in [0.5, 0.6) is 0 Å². The van der Waals surface area contributed by atoms with Crippen LogP contribution in [-0.2, 0) is 13.0 Å². The third-order valence-corrected chi connectivity index (χ3v) is 4.77. The molecule has 0 radical (unpaired) electrons. The zero-order valence-electron chi connectivity index (χ0n) is 14.2. The lowest BCUT2D eigenvalue weighted by Gasteiger charge is -2.12. The highest BCUT2D eigenvalue weighted by molar-refractivity contribution is 6.31. The van der Waals surface area contributed by atoms with Gasteiger partial charge in [0.2, 0.25) is 0 Å². The van der Waals surface area contributed by atoms with Crippen LogP contribution in [0.3, 0.4) is 0 Å². The van der Waals surface area contributed by atoms with Gasteiger partial charge in [-0.15, -0.1) is 0 Å². The minimum absolute atomic E-state index is 0.121. The molecule has 0 bridgehead atoms. The number of nitrogens with zero attached hydrogens (tertiary/aromatic N) is 1. The number of halogens is 1. The summed E-state index contributed by atoms with van der Waals surface area (Å²) in [6.45, 7) is 2.35. The largest absolute Gasteiger partial charge is 0.478 e. The summed E-state index contributed by atoms with van der Waals surface area (Å²) < 4.78 is 1.87. The van der Waals surface area contributed by atoms with Crippen molar-refractivity contribution >= 4 is 34.4 Å². The molecule has 0 aliphatic heterocycles. The molecule has 3 rings (SSSR count). The summed E-state index contributed by atoms with van der Waals surface area (Å²) in [4.78, 5) is 23.3. The van der Waals surface area contributed by atoms with Crippen molar-refractivity contribution in [2.45, 2.75) is 26.3 Å². The van der Waals surface area contributed by atoms with Crippen LogP contribution in [0.15, 0.2) is 42.5 Å². The van der Waals surface area contributed by atoms with Crippen molar-refractivity contribution in [3.8, 4) is 0 Å². The molecule has 1 aromatic heterocycles. The maximum absolute atomic E-state index is 11.9. The number of carboxylic acids is 2. The molecule has 6 heteroatoms. The van der Waals surface area contributed by atoms with Gasteiger partial charge in [0.25, 0.3) is 0 Å². The molecule has 0 atom stereocenters. The second-order valence-corrected chi connectivity index (χ2v) is 6.50. The number of hydrogen-bond acceptors (Lipinski definition) is 2. The molecule has 0 fully saturated rings. The first-order chi connectivity index (χ1) is 12.4. The summed E-state index contributed by atoms with van der Waals surface area (Å²) in [5, 5.41) is 20.2. The minimum atomic E-state index is -1.05. The van der Waals surface area contributed by atoms with E-state index in [0.29, 0.717) is 34.6 Å². The van der Waals surface area contributed by atoms with E-state index in [1.54, 1.807) is 12.1 Å².